The van der Waals surface area contributed by atoms with E-state index in [9.17, 15) is 4.79 Å². The second kappa shape index (κ2) is 6.40. The Morgan fingerprint density at radius 2 is 2.17 bits per heavy atom. The second-order valence-corrected chi connectivity index (χ2v) is 4.78. The largest absolute Gasteiger partial charge is 0.449 e. The Labute approximate surface area is 108 Å². The third kappa shape index (κ3) is 3.74. The highest BCUT2D eigenvalue weighted by atomic mass is 16.5. The van der Waals surface area contributed by atoms with Gasteiger partial charge in [-0.1, -0.05) is 25.0 Å². The highest BCUT2D eigenvalue weighted by molar-refractivity contribution is 5.84. The van der Waals surface area contributed by atoms with Crippen LogP contribution in [-0.2, 0) is 11.3 Å². The molecule has 0 saturated heterocycles. The number of anilines is 1. The van der Waals surface area contributed by atoms with Crippen LogP contribution < -0.4 is 11.1 Å². The normalized spacial score (nSPS) is 15.6. The van der Waals surface area contributed by atoms with Gasteiger partial charge in [-0.15, -0.1) is 0 Å². The Bertz CT molecular complexity index is 401. The van der Waals surface area contributed by atoms with Crippen molar-refractivity contribution < 1.29 is 9.53 Å². The molecular weight excluding hydrogens is 228 g/mol. The van der Waals surface area contributed by atoms with E-state index in [4.69, 9.17) is 10.5 Å². The van der Waals surface area contributed by atoms with E-state index < -0.39 is 0 Å². The van der Waals surface area contributed by atoms with E-state index in [1.165, 1.54) is 25.7 Å². The van der Waals surface area contributed by atoms with Gasteiger partial charge in [0.05, 0.1) is 6.61 Å². The van der Waals surface area contributed by atoms with Crippen molar-refractivity contribution in [3.05, 3.63) is 29.8 Å². The molecule has 1 aliphatic rings. The number of rotatable bonds is 4. The monoisotopic (exact) mass is 248 g/mol. The lowest BCUT2D eigenvalue weighted by Gasteiger charge is -2.11. The summed E-state index contributed by atoms with van der Waals surface area (Å²) in [6.45, 7) is 0.995. The van der Waals surface area contributed by atoms with Crippen LogP contribution >= 0.6 is 0 Å². The molecule has 4 nitrogen and oxygen atoms in total. The fourth-order valence-electron chi connectivity index (χ4n) is 2.30. The first-order valence-corrected chi connectivity index (χ1v) is 6.50. The van der Waals surface area contributed by atoms with Gasteiger partial charge in [0.15, 0.2) is 0 Å². The summed E-state index contributed by atoms with van der Waals surface area (Å²) in [5.41, 5.74) is 7.27. The van der Waals surface area contributed by atoms with Crippen LogP contribution in [0, 0.1) is 5.92 Å². The highest BCUT2D eigenvalue weighted by Crippen LogP contribution is 2.24. The summed E-state index contributed by atoms with van der Waals surface area (Å²) in [5, 5.41) is 2.72. The smallest absolute Gasteiger partial charge is 0.411 e. The highest BCUT2D eigenvalue weighted by Gasteiger charge is 2.16. The summed E-state index contributed by atoms with van der Waals surface area (Å²) >= 11 is 0. The fourth-order valence-corrected chi connectivity index (χ4v) is 2.30. The summed E-state index contributed by atoms with van der Waals surface area (Å²) in [7, 11) is 0. The average molecular weight is 248 g/mol. The molecule has 0 aromatic heterocycles. The molecule has 1 aromatic carbocycles. The predicted octanol–water partition coefficient (Wildman–Crippen LogP) is 2.88. The van der Waals surface area contributed by atoms with Gasteiger partial charge in [0.1, 0.15) is 0 Å². The standard InChI is InChI=1S/C14H20N2O2/c15-9-12-6-3-7-13(8-12)16-14(17)18-10-11-4-1-2-5-11/h3,6-8,11H,1-2,4-5,9-10,15H2,(H,16,17). The Kier molecular flexibility index (Phi) is 4.59. The molecule has 2 rings (SSSR count). The van der Waals surface area contributed by atoms with Crippen molar-refractivity contribution in [3.63, 3.8) is 0 Å². The lowest BCUT2D eigenvalue weighted by Crippen LogP contribution is -2.17. The van der Waals surface area contributed by atoms with E-state index in [2.05, 4.69) is 5.32 Å². The molecule has 18 heavy (non-hydrogen) atoms. The molecule has 0 radical (unpaired) electrons. The summed E-state index contributed by atoms with van der Waals surface area (Å²) in [6, 6.07) is 7.48. The summed E-state index contributed by atoms with van der Waals surface area (Å²) in [6.07, 6.45) is 4.49. The Morgan fingerprint density at radius 3 is 2.89 bits per heavy atom. The number of carbonyl (C=O) groups is 1. The van der Waals surface area contributed by atoms with Gasteiger partial charge in [-0.25, -0.2) is 4.79 Å². The van der Waals surface area contributed by atoms with Crippen molar-refractivity contribution in [1.29, 1.82) is 0 Å². The van der Waals surface area contributed by atoms with Crippen molar-refractivity contribution in [2.75, 3.05) is 11.9 Å². The van der Waals surface area contributed by atoms with E-state index in [1.807, 2.05) is 24.3 Å². The van der Waals surface area contributed by atoms with Gasteiger partial charge in [0, 0.05) is 12.2 Å². The van der Waals surface area contributed by atoms with Crippen molar-refractivity contribution in [1.82, 2.24) is 0 Å². The number of nitrogens with two attached hydrogens (primary N) is 1. The number of nitrogens with one attached hydrogen (secondary N) is 1. The van der Waals surface area contributed by atoms with Gasteiger partial charge in [-0.05, 0) is 36.5 Å². The zero-order chi connectivity index (χ0) is 12.8. The Morgan fingerprint density at radius 1 is 1.39 bits per heavy atom. The first kappa shape index (κ1) is 12.9. The van der Waals surface area contributed by atoms with Crippen LogP contribution in [0.3, 0.4) is 0 Å². The molecule has 0 bridgehead atoms. The third-order valence-corrected chi connectivity index (χ3v) is 3.33. The first-order valence-electron chi connectivity index (χ1n) is 6.50. The number of carbonyl (C=O) groups excluding carboxylic acids is 1. The molecule has 1 aromatic rings. The van der Waals surface area contributed by atoms with Crippen molar-refractivity contribution in [3.8, 4) is 0 Å². The van der Waals surface area contributed by atoms with Crippen LogP contribution in [0.15, 0.2) is 24.3 Å². The number of hydrogen-bond acceptors (Lipinski definition) is 3. The molecule has 1 amide bonds. The zero-order valence-corrected chi connectivity index (χ0v) is 10.5. The molecule has 3 N–H and O–H groups in total. The molecule has 0 aliphatic heterocycles. The predicted molar refractivity (Wildman–Crippen MR) is 71.3 cm³/mol. The van der Waals surface area contributed by atoms with E-state index in [1.54, 1.807) is 0 Å². The van der Waals surface area contributed by atoms with Crippen LogP contribution in [0.5, 0.6) is 0 Å². The lowest BCUT2D eigenvalue weighted by atomic mass is 10.1. The van der Waals surface area contributed by atoms with Gasteiger partial charge in [0.2, 0.25) is 0 Å². The molecule has 98 valence electrons. The molecule has 0 unspecified atom stereocenters. The lowest BCUT2D eigenvalue weighted by molar-refractivity contribution is 0.142. The molecular formula is C14H20N2O2. The van der Waals surface area contributed by atoms with E-state index >= 15 is 0 Å². The SMILES string of the molecule is NCc1cccc(NC(=O)OCC2CCCC2)c1. The number of hydrogen-bond donors (Lipinski definition) is 2. The van der Waals surface area contributed by atoms with Crippen LogP contribution in [0.4, 0.5) is 10.5 Å². The minimum Gasteiger partial charge on any atom is -0.449 e. The maximum Gasteiger partial charge on any atom is 0.411 e. The molecule has 1 aliphatic carbocycles. The second-order valence-electron chi connectivity index (χ2n) is 4.78. The van der Waals surface area contributed by atoms with Crippen molar-refractivity contribution >= 4 is 11.8 Å². The summed E-state index contributed by atoms with van der Waals surface area (Å²) in [5.74, 6) is 0.547. The fraction of sp³-hybridized carbons (Fsp3) is 0.500. The van der Waals surface area contributed by atoms with Gasteiger partial charge < -0.3 is 10.5 Å². The molecule has 1 fully saturated rings. The molecule has 4 heteroatoms. The van der Waals surface area contributed by atoms with Gasteiger partial charge in [-0.2, -0.15) is 0 Å². The summed E-state index contributed by atoms with van der Waals surface area (Å²) in [4.78, 5) is 11.6. The van der Waals surface area contributed by atoms with E-state index in [0.717, 1.165) is 11.3 Å². The minimum atomic E-state index is -0.379. The average Bonchev–Trinajstić information content (AvgIpc) is 2.90. The van der Waals surface area contributed by atoms with E-state index in [0.29, 0.717) is 19.1 Å². The maximum absolute atomic E-state index is 11.6. The van der Waals surface area contributed by atoms with Gasteiger partial charge in [-0.3, -0.25) is 5.32 Å². The molecule has 1 saturated carbocycles. The maximum atomic E-state index is 11.6. The van der Waals surface area contributed by atoms with E-state index in [-0.39, 0.29) is 6.09 Å². The quantitative estimate of drug-likeness (QED) is 0.861. The minimum absolute atomic E-state index is 0.379. The van der Waals surface area contributed by atoms with Crippen molar-refractivity contribution in [2.45, 2.75) is 32.2 Å². The number of ether oxygens (including phenoxy) is 1. The van der Waals surface area contributed by atoms with Gasteiger partial charge in [0.25, 0.3) is 0 Å². The Balaban J connectivity index is 1.78. The van der Waals surface area contributed by atoms with Crippen molar-refractivity contribution in [2.24, 2.45) is 11.7 Å². The topological polar surface area (TPSA) is 64.3 Å². The summed E-state index contributed by atoms with van der Waals surface area (Å²) < 4.78 is 5.22. The number of benzene rings is 1. The van der Waals surface area contributed by atoms with Crippen LogP contribution in [0.2, 0.25) is 0 Å². The zero-order valence-electron chi connectivity index (χ0n) is 10.5. The first-order chi connectivity index (χ1) is 8.78. The third-order valence-electron chi connectivity index (χ3n) is 3.33. The van der Waals surface area contributed by atoms with Crippen LogP contribution in [0.25, 0.3) is 0 Å². The molecule has 0 heterocycles. The molecule has 0 spiro atoms. The molecule has 0 atom stereocenters. The van der Waals surface area contributed by atoms with Crippen LogP contribution in [-0.4, -0.2) is 12.7 Å². The number of amides is 1. The Hall–Kier alpha value is -1.55. The van der Waals surface area contributed by atoms with Gasteiger partial charge >= 0.3 is 6.09 Å². The van der Waals surface area contributed by atoms with Crippen LogP contribution in [0.1, 0.15) is 31.2 Å².